The first-order chi connectivity index (χ1) is 12.3. The van der Waals surface area contributed by atoms with Gasteiger partial charge in [-0.15, -0.1) is 0 Å². The van der Waals surface area contributed by atoms with Gasteiger partial charge in [0.2, 0.25) is 0 Å². The number of aldehydes is 1. The first-order valence-electron chi connectivity index (χ1n) is 7.76. The third kappa shape index (κ3) is 4.06. The van der Waals surface area contributed by atoms with E-state index in [9.17, 15) is 9.59 Å². The average Bonchev–Trinajstić information content (AvgIpc) is 3.08. The molecule has 0 saturated carbocycles. The van der Waals surface area contributed by atoms with Gasteiger partial charge >= 0.3 is 6.09 Å². The maximum absolute atomic E-state index is 11.6. The van der Waals surface area contributed by atoms with Gasteiger partial charge in [-0.25, -0.2) is 4.79 Å². The summed E-state index contributed by atoms with van der Waals surface area (Å²) in [4.78, 5) is 25.8. The molecular weight excluding hydrogens is 316 g/mol. The molecule has 0 fully saturated rings. The number of carbonyl (C=O) groups is 2. The fourth-order valence-corrected chi connectivity index (χ4v) is 2.44. The molecule has 3 rings (SSSR count). The Kier molecular flexibility index (Phi) is 5.13. The Morgan fingerprint density at radius 2 is 2.00 bits per heavy atom. The van der Waals surface area contributed by atoms with Gasteiger partial charge in [0.25, 0.3) is 0 Å². The van der Waals surface area contributed by atoms with Crippen LogP contribution < -0.4 is 5.32 Å². The van der Waals surface area contributed by atoms with Crippen molar-refractivity contribution in [2.24, 2.45) is 0 Å². The van der Waals surface area contributed by atoms with E-state index in [1.165, 1.54) is 0 Å². The van der Waals surface area contributed by atoms with Crippen LogP contribution in [-0.4, -0.2) is 23.9 Å². The van der Waals surface area contributed by atoms with Gasteiger partial charge in [0.05, 0.1) is 6.54 Å². The number of fused-ring (bicyclic) bond motifs is 1. The van der Waals surface area contributed by atoms with Crippen molar-refractivity contribution in [3.63, 3.8) is 0 Å². The molecule has 0 bridgehead atoms. The highest BCUT2D eigenvalue weighted by molar-refractivity contribution is 6.00. The second-order valence-electron chi connectivity index (χ2n) is 5.31. The van der Waals surface area contributed by atoms with Gasteiger partial charge in [-0.05, 0) is 17.7 Å². The molecule has 1 heterocycles. The molecule has 0 saturated heterocycles. The predicted molar refractivity (Wildman–Crippen MR) is 95.2 cm³/mol. The fourth-order valence-electron chi connectivity index (χ4n) is 2.44. The predicted octanol–water partition coefficient (Wildman–Crippen LogP) is 3.26. The van der Waals surface area contributed by atoms with Gasteiger partial charge in [0.1, 0.15) is 6.61 Å². The van der Waals surface area contributed by atoms with Crippen molar-refractivity contribution < 1.29 is 14.3 Å². The Labute approximate surface area is 145 Å². The Morgan fingerprint density at radius 3 is 2.80 bits per heavy atom. The maximum Gasteiger partial charge on any atom is 0.408 e. The molecule has 3 aromatic rings. The number of benzene rings is 2. The minimum Gasteiger partial charge on any atom is -0.445 e. The van der Waals surface area contributed by atoms with E-state index >= 15 is 0 Å². The molecule has 5 nitrogen and oxygen atoms in total. The van der Waals surface area contributed by atoms with Crippen molar-refractivity contribution in [1.82, 2.24) is 10.3 Å². The molecule has 0 unspecified atom stereocenters. The third-order valence-electron chi connectivity index (χ3n) is 3.62. The topological polar surface area (TPSA) is 71.2 Å². The van der Waals surface area contributed by atoms with Crippen LogP contribution in [0.1, 0.15) is 21.5 Å². The van der Waals surface area contributed by atoms with Crippen LogP contribution in [0.25, 0.3) is 10.9 Å². The number of rotatable bonds is 4. The molecule has 1 amide bonds. The van der Waals surface area contributed by atoms with Gasteiger partial charge in [0.15, 0.2) is 6.29 Å². The lowest BCUT2D eigenvalue weighted by molar-refractivity contribution is 0.112. The normalized spacial score (nSPS) is 9.92. The van der Waals surface area contributed by atoms with Gasteiger partial charge in [-0.3, -0.25) is 4.79 Å². The Morgan fingerprint density at radius 1 is 1.16 bits per heavy atom. The van der Waals surface area contributed by atoms with Crippen LogP contribution in [0, 0.1) is 11.8 Å². The van der Waals surface area contributed by atoms with E-state index < -0.39 is 6.09 Å². The lowest BCUT2D eigenvalue weighted by Gasteiger charge is -2.04. The van der Waals surface area contributed by atoms with E-state index in [0.717, 1.165) is 28.3 Å². The fraction of sp³-hybridized carbons (Fsp3) is 0.100. The highest BCUT2D eigenvalue weighted by Crippen LogP contribution is 2.20. The van der Waals surface area contributed by atoms with Crippen molar-refractivity contribution in [3.8, 4) is 11.8 Å². The number of hydrogen-bond acceptors (Lipinski definition) is 3. The zero-order valence-electron chi connectivity index (χ0n) is 13.4. The van der Waals surface area contributed by atoms with Crippen molar-refractivity contribution in [2.75, 3.05) is 6.54 Å². The number of amides is 1. The molecule has 1 aromatic heterocycles. The summed E-state index contributed by atoms with van der Waals surface area (Å²) in [5, 5.41) is 3.37. The van der Waals surface area contributed by atoms with Crippen LogP contribution >= 0.6 is 0 Å². The standard InChI is InChI=1S/C20H16N2O3/c23-13-17-12-22-18-10-4-8-16(19(17)18)9-5-11-21-20(24)25-14-15-6-2-1-3-7-15/h1-4,6-8,10,12-13,22H,11,14H2,(H,21,24). The minimum atomic E-state index is -0.522. The van der Waals surface area contributed by atoms with Gasteiger partial charge in [-0.2, -0.15) is 0 Å². The summed E-state index contributed by atoms with van der Waals surface area (Å²) in [6.07, 6.45) is 1.93. The number of alkyl carbamates (subject to hydrolysis) is 1. The molecular formula is C20H16N2O3. The van der Waals surface area contributed by atoms with Crippen LogP contribution in [0.2, 0.25) is 0 Å². The first kappa shape index (κ1) is 16.3. The molecule has 2 N–H and O–H groups in total. The average molecular weight is 332 g/mol. The molecule has 0 aliphatic rings. The quantitative estimate of drug-likeness (QED) is 0.569. The van der Waals surface area contributed by atoms with Crippen LogP contribution in [0.4, 0.5) is 4.79 Å². The minimum absolute atomic E-state index is 0.158. The lowest BCUT2D eigenvalue weighted by atomic mass is 10.1. The molecule has 0 atom stereocenters. The monoisotopic (exact) mass is 332 g/mol. The molecule has 124 valence electrons. The zero-order valence-corrected chi connectivity index (χ0v) is 13.4. The molecule has 0 spiro atoms. The molecule has 25 heavy (non-hydrogen) atoms. The number of carbonyl (C=O) groups excluding carboxylic acids is 2. The van der Waals surface area contributed by atoms with E-state index in [2.05, 4.69) is 22.1 Å². The summed E-state index contributed by atoms with van der Waals surface area (Å²) in [7, 11) is 0. The SMILES string of the molecule is O=Cc1c[nH]c2cccc(C#CCNC(=O)OCc3ccccc3)c12. The van der Waals surface area contributed by atoms with Gasteiger partial charge < -0.3 is 15.0 Å². The Balaban J connectivity index is 1.57. The van der Waals surface area contributed by atoms with E-state index in [-0.39, 0.29) is 13.2 Å². The highest BCUT2D eigenvalue weighted by atomic mass is 16.5. The lowest BCUT2D eigenvalue weighted by Crippen LogP contribution is -2.24. The second-order valence-corrected chi connectivity index (χ2v) is 5.31. The van der Waals surface area contributed by atoms with Crippen LogP contribution in [0.3, 0.4) is 0 Å². The summed E-state index contributed by atoms with van der Waals surface area (Å²) in [5.41, 5.74) is 3.07. The van der Waals surface area contributed by atoms with Crippen molar-refractivity contribution in [3.05, 3.63) is 71.4 Å². The number of hydrogen-bond donors (Lipinski definition) is 2. The number of aromatic nitrogens is 1. The van der Waals surface area contributed by atoms with E-state index in [0.29, 0.717) is 5.56 Å². The second kappa shape index (κ2) is 7.84. The van der Waals surface area contributed by atoms with Crippen LogP contribution in [-0.2, 0) is 11.3 Å². The number of H-pyrrole nitrogens is 1. The molecule has 5 heteroatoms. The van der Waals surface area contributed by atoms with Gasteiger partial charge in [-0.1, -0.05) is 48.2 Å². The summed E-state index contributed by atoms with van der Waals surface area (Å²) in [5.74, 6) is 5.85. The zero-order chi connectivity index (χ0) is 17.5. The molecule has 0 aliphatic carbocycles. The van der Waals surface area contributed by atoms with Crippen molar-refractivity contribution in [1.29, 1.82) is 0 Å². The smallest absolute Gasteiger partial charge is 0.408 e. The van der Waals surface area contributed by atoms with E-state index in [1.807, 2.05) is 48.5 Å². The van der Waals surface area contributed by atoms with E-state index in [1.54, 1.807) is 6.20 Å². The van der Waals surface area contributed by atoms with Crippen molar-refractivity contribution >= 4 is 23.3 Å². The van der Waals surface area contributed by atoms with Crippen LogP contribution in [0.5, 0.6) is 0 Å². The maximum atomic E-state index is 11.6. The number of aromatic amines is 1. The van der Waals surface area contributed by atoms with E-state index in [4.69, 9.17) is 4.74 Å². The summed E-state index contributed by atoms with van der Waals surface area (Å²) >= 11 is 0. The molecule has 0 aliphatic heterocycles. The molecule has 0 radical (unpaired) electrons. The number of ether oxygens (including phenoxy) is 1. The number of nitrogens with one attached hydrogen (secondary N) is 2. The summed E-state index contributed by atoms with van der Waals surface area (Å²) in [6, 6.07) is 15.0. The van der Waals surface area contributed by atoms with Crippen LogP contribution in [0.15, 0.2) is 54.7 Å². The van der Waals surface area contributed by atoms with Gasteiger partial charge in [0, 0.05) is 28.2 Å². The molecule has 2 aromatic carbocycles. The Hall–Kier alpha value is -3.52. The Bertz CT molecular complexity index is 949. The highest BCUT2D eigenvalue weighted by Gasteiger charge is 2.06. The summed E-state index contributed by atoms with van der Waals surface area (Å²) in [6.45, 7) is 0.371. The largest absolute Gasteiger partial charge is 0.445 e. The summed E-state index contributed by atoms with van der Waals surface area (Å²) < 4.78 is 5.11. The van der Waals surface area contributed by atoms with Crippen molar-refractivity contribution in [2.45, 2.75) is 6.61 Å². The first-order valence-corrected chi connectivity index (χ1v) is 7.76. The third-order valence-corrected chi connectivity index (χ3v) is 3.62.